The lowest BCUT2D eigenvalue weighted by Crippen LogP contribution is -2.35. The van der Waals surface area contributed by atoms with Gasteiger partial charge >= 0.3 is 5.97 Å². The summed E-state index contributed by atoms with van der Waals surface area (Å²) in [4.78, 5) is 12.1. The van der Waals surface area contributed by atoms with Gasteiger partial charge in [-0.2, -0.15) is 0 Å². The van der Waals surface area contributed by atoms with E-state index in [1.54, 1.807) is 12.1 Å². The van der Waals surface area contributed by atoms with Gasteiger partial charge in [0.2, 0.25) is 6.10 Å². The molecule has 2 aromatic rings. The predicted molar refractivity (Wildman–Crippen MR) is 84.0 cm³/mol. The first-order valence-electron chi connectivity index (χ1n) is 6.96. The summed E-state index contributed by atoms with van der Waals surface area (Å²) in [6, 6.07) is 18.3. The van der Waals surface area contributed by atoms with Crippen molar-refractivity contribution in [2.45, 2.75) is 6.10 Å². The molecule has 0 saturated carbocycles. The van der Waals surface area contributed by atoms with Crippen LogP contribution >= 0.6 is 0 Å². The van der Waals surface area contributed by atoms with Crippen LogP contribution in [0.3, 0.4) is 0 Å². The molecule has 0 fully saturated rings. The molecule has 1 atom stereocenters. The second-order valence-corrected chi connectivity index (χ2v) is 4.46. The second kappa shape index (κ2) is 8.52. The molecule has 4 heteroatoms. The molecule has 0 aliphatic carbocycles. The highest BCUT2D eigenvalue weighted by Crippen LogP contribution is 2.14. The third-order valence-corrected chi connectivity index (χ3v) is 2.77. The Morgan fingerprint density at radius 1 is 1.00 bits per heavy atom. The smallest absolute Gasteiger partial charge is 0.351 e. The number of benzene rings is 2. The van der Waals surface area contributed by atoms with Gasteiger partial charge in [-0.1, -0.05) is 49.1 Å². The zero-order valence-electron chi connectivity index (χ0n) is 12.2. The van der Waals surface area contributed by atoms with Crippen LogP contribution < -0.4 is 9.47 Å². The summed E-state index contributed by atoms with van der Waals surface area (Å²) >= 11 is 0. The van der Waals surface area contributed by atoms with Crippen molar-refractivity contribution in [3.05, 3.63) is 73.3 Å². The Labute approximate surface area is 129 Å². The van der Waals surface area contributed by atoms with Crippen LogP contribution in [0.2, 0.25) is 0 Å². The summed E-state index contributed by atoms with van der Waals surface area (Å²) in [6.45, 7) is 3.72. The van der Waals surface area contributed by atoms with Crippen molar-refractivity contribution in [1.82, 2.24) is 0 Å². The number of hydrogen-bond donors (Lipinski definition) is 0. The van der Waals surface area contributed by atoms with Gasteiger partial charge in [-0.05, 0) is 24.3 Å². The van der Waals surface area contributed by atoms with Crippen molar-refractivity contribution in [3.8, 4) is 11.5 Å². The number of hydrogen-bond acceptors (Lipinski definition) is 4. The van der Waals surface area contributed by atoms with Crippen LogP contribution in [0.5, 0.6) is 11.5 Å². The quantitative estimate of drug-likeness (QED) is 0.554. The number of para-hydroxylation sites is 2. The molecule has 114 valence electrons. The third kappa shape index (κ3) is 4.98. The van der Waals surface area contributed by atoms with E-state index in [-0.39, 0.29) is 13.2 Å². The highest BCUT2D eigenvalue weighted by Gasteiger charge is 2.23. The molecule has 0 N–H and O–H groups in total. The largest absolute Gasteiger partial charge is 0.489 e. The van der Waals surface area contributed by atoms with Crippen LogP contribution in [-0.2, 0) is 9.53 Å². The predicted octanol–water partition coefficient (Wildman–Crippen LogP) is 3.24. The average molecular weight is 298 g/mol. The summed E-state index contributed by atoms with van der Waals surface area (Å²) in [5, 5.41) is 0. The van der Waals surface area contributed by atoms with Gasteiger partial charge in [0.15, 0.2) is 0 Å². The first kappa shape index (κ1) is 15.6. The molecular weight excluding hydrogens is 280 g/mol. The molecular formula is C18H18O4. The first-order chi connectivity index (χ1) is 10.8. The standard InChI is InChI=1S/C18H18O4/c1-2-13-20-18(19)17(22-16-11-7-4-8-12-16)14-21-15-9-5-3-6-10-15/h2-12,17H,1,13-14H2. The lowest BCUT2D eigenvalue weighted by atomic mass is 10.3. The topological polar surface area (TPSA) is 44.8 Å². The van der Waals surface area contributed by atoms with E-state index in [2.05, 4.69) is 6.58 Å². The van der Waals surface area contributed by atoms with Crippen molar-refractivity contribution in [1.29, 1.82) is 0 Å². The molecule has 0 aliphatic rings. The molecule has 0 aliphatic heterocycles. The maximum atomic E-state index is 12.1. The molecule has 0 saturated heterocycles. The number of rotatable bonds is 8. The minimum absolute atomic E-state index is 0.0644. The molecule has 0 heterocycles. The monoisotopic (exact) mass is 298 g/mol. The van der Waals surface area contributed by atoms with Gasteiger partial charge in [-0.15, -0.1) is 0 Å². The van der Waals surface area contributed by atoms with Crippen LogP contribution in [0.1, 0.15) is 0 Å². The van der Waals surface area contributed by atoms with Gasteiger partial charge in [-0.3, -0.25) is 0 Å². The summed E-state index contributed by atoms with van der Waals surface area (Å²) in [7, 11) is 0. The minimum atomic E-state index is -0.845. The van der Waals surface area contributed by atoms with Crippen LogP contribution in [0.25, 0.3) is 0 Å². The highest BCUT2D eigenvalue weighted by molar-refractivity contribution is 5.75. The van der Waals surface area contributed by atoms with Gasteiger partial charge in [-0.25, -0.2) is 4.79 Å². The summed E-state index contributed by atoms with van der Waals surface area (Å²) in [5.41, 5.74) is 0. The van der Waals surface area contributed by atoms with Gasteiger partial charge in [0, 0.05) is 0 Å². The Balaban J connectivity index is 2.00. The molecule has 0 radical (unpaired) electrons. The normalized spacial score (nSPS) is 11.3. The Morgan fingerprint density at radius 3 is 2.18 bits per heavy atom. The lowest BCUT2D eigenvalue weighted by Gasteiger charge is -2.18. The summed E-state index contributed by atoms with van der Waals surface area (Å²) < 4.78 is 16.3. The van der Waals surface area contributed by atoms with Gasteiger partial charge < -0.3 is 14.2 Å². The van der Waals surface area contributed by atoms with Gasteiger partial charge in [0.1, 0.15) is 24.7 Å². The van der Waals surface area contributed by atoms with Gasteiger partial charge in [0.05, 0.1) is 0 Å². The molecule has 2 aromatic carbocycles. The van der Waals surface area contributed by atoms with Gasteiger partial charge in [0.25, 0.3) is 0 Å². The zero-order chi connectivity index (χ0) is 15.6. The molecule has 0 bridgehead atoms. The Hall–Kier alpha value is -2.75. The van der Waals surface area contributed by atoms with E-state index in [1.807, 2.05) is 48.5 Å². The fourth-order valence-electron chi connectivity index (χ4n) is 1.74. The second-order valence-electron chi connectivity index (χ2n) is 4.46. The number of ether oxygens (including phenoxy) is 3. The van der Waals surface area contributed by atoms with Crippen molar-refractivity contribution in [3.63, 3.8) is 0 Å². The molecule has 2 rings (SSSR count). The fraction of sp³-hybridized carbons (Fsp3) is 0.167. The van der Waals surface area contributed by atoms with Crippen molar-refractivity contribution < 1.29 is 19.0 Å². The van der Waals surface area contributed by atoms with Crippen LogP contribution in [-0.4, -0.2) is 25.3 Å². The molecule has 0 amide bonds. The van der Waals surface area contributed by atoms with Crippen molar-refractivity contribution in [2.75, 3.05) is 13.2 Å². The first-order valence-corrected chi connectivity index (χ1v) is 6.96. The fourth-order valence-corrected chi connectivity index (χ4v) is 1.74. The molecule has 22 heavy (non-hydrogen) atoms. The van der Waals surface area contributed by atoms with Crippen LogP contribution in [0.4, 0.5) is 0 Å². The van der Waals surface area contributed by atoms with E-state index in [0.29, 0.717) is 11.5 Å². The average Bonchev–Trinajstić information content (AvgIpc) is 2.58. The van der Waals surface area contributed by atoms with E-state index in [1.165, 1.54) is 6.08 Å². The number of carbonyl (C=O) groups excluding carboxylic acids is 1. The van der Waals surface area contributed by atoms with Crippen LogP contribution in [0.15, 0.2) is 73.3 Å². The molecule has 4 nitrogen and oxygen atoms in total. The molecule has 0 spiro atoms. The van der Waals surface area contributed by atoms with E-state index >= 15 is 0 Å². The zero-order valence-corrected chi connectivity index (χ0v) is 12.2. The van der Waals surface area contributed by atoms with Crippen LogP contribution in [0, 0.1) is 0 Å². The van der Waals surface area contributed by atoms with E-state index in [4.69, 9.17) is 14.2 Å². The van der Waals surface area contributed by atoms with Crippen molar-refractivity contribution >= 4 is 5.97 Å². The Kier molecular flexibility index (Phi) is 6.05. The maximum Gasteiger partial charge on any atom is 0.351 e. The van der Waals surface area contributed by atoms with E-state index in [9.17, 15) is 4.79 Å². The third-order valence-electron chi connectivity index (χ3n) is 2.77. The van der Waals surface area contributed by atoms with E-state index in [0.717, 1.165) is 0 Å². The lowest BCUT2D eigenvalue weighted by molar-refractivity contribution is -0.152. The minimum Gasteiger partial charge on any atom is -0.489 e. The number of carbonyl (C=O) groups is 1. The Morgan fingerprint density at radius 2 is 1.59 bits per heavy atom. The summed E-state index contributed by atoms with van der Waals surface area (Å²) in [6.07, 6.45) is 0.665. The maximum absolute atomic E-state index is 12.1. The summed E-state index contributed by atoms with van der Waals surface area (Å²) in [5.74, 6) is 0.764. The Bertz CT molecular complexity index is 581. The number of esters is 1. The van der Waals surface area contributed by atoms with E-state index < -0.39 is 12.1 Å². The molecule has 1 unspecified atom stereocenters. The SMILES string of the molecule is C=CCOC(=O)C(COc1ccccc1)Oc1ccccc1. The van der Waals surface area contributed by atoms with Crippen molar-refractivity contribution in [2.24, 2.45) is 0 Å². The molecule has 0 aromatic heterocycles. The highest BCUT2D eigenvalue weighted by atomic mass is 16.6.